The van der Waals surface area contributed by atoms with Gasteiger partial charge >= 0.3 is 0 Å². The van der Waals surface area contributed by atoms with E-state index >= 15 is 0 Å². The van der Waals surface area contributed by atoms with Gasteiger partial charge in [0.15, 0.2) is 0 Å². The summed E-state index contributed by atoms with van der Waals surface area (Å²) in [7, 11) is 0. The number of hydrogen-bond donors (Lipinski definition) is 1. The second-order valence-corrected chi connectivity index (χ2v) is 4.14. The molecule has 0 bridgehead atoms. The highest BCUT2D eigenvalue weighted by Crippen LogP contribution is 2.33. The molecule has 1 aliphatic heterocycles. The first-order valence-corrected chi connectivity index (χ1v) is 5.35. The summed E-state index contributed by atoms with van der Waals surface area (Å²) in [4.78, 5) is 8.53. The summed E-state index contributed by atoms with van der Waals surface area (Å²) >= 11 is 1.71. The van der Waals surface area contributed by atoms with Crippen LogP contribution in [0.1, 0.15) is 11.5 Å². The lowest BCUT2D eigenvalue weighted by atomic mass is 10.2. The predicted octanol–water partition coefficient (Wildman–Crippen LogP) is 0.725. The van der Waals surface area contributed by atoms with Gasteiger partial charge in [0.2, 0.25) is 0 Å². The van der Waals surface area contributed by atoms with Crippen molar-refractivity contribution in [1.82, 2.24) is 15.1 Å². The third kappa shape index (κ3) is 1.04. The molecule has 0 fully saturated rings. The number of aryl methyl sites for hydroxylation is 1. The Hall–Kier alpha value is -1.14. The van der Waals surface area contributed by atoms with Gasteiger partial charge in [-0.25, -0.2) is 4.98 Å². The third-order valence-corrected chi connectivity index (χ3v) is 3.16. The zero-order valence-corrected chi connectivity index (χ0v) is 8.17. The Morgan fingerprint density at radius 1 is 1.43 bits per heavy atom. The summed E-state index contributed by atoms with van der Waals surface area (Å²) in [5, 5.41) is 5.90. The van der Waals surface area contributed by atoms with Gasteiger partial charge in [0.25, 0.3) is 5.71 Å². The molecular weight excluding hydrogens is 200 g/mol. The Morgan fingerprint density at radius 3 is 3.21 bits per heavy atom. The van der Waals surface area contributed by atoms with Gasteiger partial charge in [-0.2, -0.15) is 4.98 Å². The third-order valence-electron chi connectivity index (χ3n) is 2.18. The Labute approximate surface area is 84.1 Å². The Bertz CT molecular complexity index is 495. The maximum atomic E-state index is 5.49. The number of thioether (sulfide) groups is 1. The van der Waals surface area contributed by atoms with Gasteiger partial charge in [-0.15, -0.1) is 11.8 Å². The van der Waals surface area contributed by atoms with E-state index in [-0.39, 0.29) is 0 Å². The van der Waals surface area contributed by atoms with Crippen molar-refractivity contribution in [3.8, 4) is 0 Å². The lowest BCUT2D eigenvalue weighted by Gasteiger charge is -2.08. The van der Waals surface area contributed by atoms with Crippen LogP contribution in [0.4, 0.5) is 0 Å². The van der Waals surface area contributed by atoms with Crippen molar-refractivity contribution in [3.63, 3.8) is 0 Å². The van der Waals surface area contributed by atoms with E-state index in [0.29, 0.717) is 18.1 Å². The van der Waals surface area contributed by atoms with Crippen LogP contribution in [-0.4, -0.2) is 20.9 Å². The average molecular weight is 208 g/mol. The molecule has 0 atom stereocenters. The van der Waals surface area contributed by atoms with E-state index in [2.05, 4.69) is 15.1 Å². The topological polar surface area (TPSA) is 77.8 Å². The minimum atomic E-state index is 0.333. The van der Waals surface area contributed by atoms with Crippen LogP contribution >= 0.6 is 11.8 Å². The molecule has 0 unspecified atom stereocenters. The second-order valence-electron chi connectivity index (χ2n) is 3.06. The minimum absolute atomic E-state index is 0.333. The molecule has 3 rings (SSSR count). The van der Waals surface area contributed by atoms with Crippen LogP contribution in [-0.2, 0) is 13.0 Å². The van der Waals surface area contributed by atoms with Gasteiger partial charge in [0.05, 0.1) is 17.6 Å². The molecule has 0 radical (unpaired) electrons. The van der Waals surface area contributed by atoms with Crippen LogP contribution < -0.4 is 5.73 Å². The van der Waals surface area contributed by atoms with Crippen LogP contribution in [0.15, 0.2) is 9.55 Å². The quantitative estimate of drug-likeness (QED) is 0.696. The van der Waals surface area contributed by atoms with Crippen molar-refractivity contribution in [2.24, 2.45) is 5.73 Å². The molecule has 0 spiro atoms. The number of nitrogens with zero attached hydrogens (tertiary/aromatic N) is 3. The zero-order chi connectivity index (χ0) is 9.54. The molecule has 0 aromatic carbocycles. The molecule has 0 aliphatic carbocycles. The van der Waals surface area contributed by atoms with E-state index in [1.165, 1.54) is 0 Å². The highest BCUT2D eigenvalue weighted by atomic mass is 32.2. The lowest BCUT2D eigenvalue weighted by molar-refractivity contribution is 0.439. The van der Waals surface area contributed by atoms with Crippen molar-refractivity contribution in [1.29, 1.82) is 0 Å². The summed E-state index contributed by atoms with van der Waals surface area (Å²) in [6.45, 7) is 0.333. The fourth-order valence-electron chi connectivity index (χ4n) is 1.53. The fourth-order valence-corrected chi connectivity index (χ4v) is 2.54. The van der Waals surface area contributed by atoms with E-state index in [1.54, 1.807) is 11.8 Å². The van der Waals surface area contributed by atoms with Crippen LogP contribution in [0.5, 0.6) is 0 Å². The molecular formula is C8H8N4OS. The van der Waals surface area contributed by atoms with Crippen molar-refractivity contribution in [2.75, 3.05) is 5.75 Å². The van der Waals surface area contributed by atoms with E-state index in [0.717, 1.165) is 28.3 Å². The zero-order valence-electron chi connectivity index (χ0n) is 7.36. The first kappa shape index (κ1) is 8.19. The van der Waals surface area contributed by atoms with E-state index in [4.69, 9.17) is 10.3 Å². The SMILES string of the molecule is NCc1nc2c3c(noc3n1)CCS2. The van der Waals surface area contributed by atoms with Crippen molar-refractivity contribution in [3.05, 3.63) is 11.5 Å². The van der Waals surface area contributed by atoms with Gasteiger partial charge in [0, 0.05) is 12.2 Å². The standard InChI is InChI=1S/C8H8N4OS/c9-3-5-10-7-6-4(12-13-7)1-2-14-8(6)11-5/h1-3,9H2. The highest BCUT2D eigenvalue weighted by molar-refractivity contribution is 7.99. The van der Waals surface area contributed by atoms with Crippen LogP contribution in [0.2, 0.25) is 0 Å². The summed E-state index contributed by atoms with van der Waals surface area (Å²) in [5.74, 6) is 1.61. The largest absolute Gasteiger partial charge is 0.335 e. The maximum absolute atomic E-state index is 5.49. The van der Waals surface area contributed by atoms with E-state index in [1.807, 2.05) is 0 Å². The molecule has 14 heavy (non-hydrogen) atoms. The number of rotatable bonds is 1. The van der Waals surface area contributed by atoms with E-state index in [9.17, 15) is 0 Å². The summed E-state index contributed by atoms with van der Waals surface area (Å²) in [6.07, 6.45) is 0.927. The summed E-state index contributed by atoms with van der Waals surface area (Å²) in [6, 6.07) is 0. The molecule has 0 amide bonds. The first-order valence-electron chi connectivity index (χ1n) is 4.36. The molecule has 5 nitrogen and oxygen atoms in total. The molecule has 1 aliphatic rings. The molecule has 6 heteroatoms. The van der Waals surface area contributed by atoms with Crippen molar-refractivity contribution in [2.45, 2.75) is 18.0 Å². The van der Waals surface area contributed by atoms with Gasteiger partial charge in [-0.3, -0.25) is 0 Å². The molecule has 2 aromatic rings. The number of hydrogen-bond acceptors (Lipinski definition) is 6. The van der Waals surface area contributed by atoms with Crippen LogP contribution in [0.3, 0.4) is 0 Å². The van der Waals surface area contributed by atoms with Crippen molar-refractivity contribution >= 4 is 22.9 Å². The molecule has 3 heterocycles. The summed E-state index contributed by atoms with van der Waals surface area (Å²) < 4.78 is 5.13. The van der Waals surface area contributed by atoms with Crippen LogP contribution in [0.25, 0.3) is 11.1 Å². The molecule has 72 valence electrons. The summed E-state index contributed by atoms with van der Waals surface area (Å²) in [5.41, 5.74) is 7.03. The number of aromatic nitrogens is 3. The Morgan fingerprint density at radius 2 is 2.36 bits per heavy atom. The molecule has 0 saturated heterocycles. The normalized spacial score (nSPS) is 14.9. The predicted molar refractivity (Wildman–Crippen MR) is 51.9 cm³/mol. The average Bonchev–Trinajstić information content (AvgIpc) is 2.64. The van der Waals surface area contributed by atoms with Gasteiger partial charge in [-0.05, 0) is 0 Å². The monoisotopic (exact) mass is 208 g/mol. The Kier molecular flexibility index (Phi) is 1.71. The smallest absolute Gasteiger partial charge is 0.262 e. The van der Waals surface area contributed by atoms with Gasteiger partial charge in [-0.1, -0.05) is 5.16 Å². The van der Waals surface area contributed by atoms with Gasteiger partial charge in [0.1, 0.15) is 10.9 Å². The number of nitrogens with two attached hydrogens (primary N) is 1. The lowest BCUT2D eigenvalue weighted by Crippen LogP contribution is -2.06. The molecule has 2 aromatic heterocycles. The minimum Gasteiger partial charge on any atom is -0.335 e. The molecule has 0 saturated carbocycles. The Balaban J connectivity index is 2.36. The van der Waals surface area contributed by atoms with Crippen molar-refractivity contribution < 1.29 is 4.52 Å². The molecule has 2 N–H and O–H groups in total. The first-order chi connectivity index (χ1) is 6.88. The fraction of sp³-hybridized carbons (Fsp3) is 0.375. The van der Waals surface area contributed by atoms with E-state index < -0.39 is 0 Å². The highest BCUT2D eigenvalue weighted by Gasteiger charge is 2.20. The van der Waals surface area contributed by atoms with Crippen LogP contribution in [0, 0.1) is 0 Å². The van der Waals surface area contributed by atoms with Gasteiger partial charge < -0.3 is 10.3 Å². The maximum Gasteiger partial charge on any atom is 0.262 e. The second kappa shape index (κ2) is 2.93.